The number of aliphatic hydroxyl groups is 2. The zero-order valence-corrected chi connectivity index (χ0v) is 7.08. The number of hydrogen-bond donors (Lipinski definition) is 3. The van der Waals surface area contributed by atoms with Crippen LogP contribution in [0.15, 0.2) is 0 Å². The highest BCUT2D eigenvalue weighted by Crippen LogP contribution is 1.77. The molecule has 0 spiro atoms. The molecule has 0 aliphatic rings. The molecular weight excluding hydrogens is 144 g/mol. The molecule has 0 atom stereocenters. The monoisotopic (exact) mass is 162 g/mol. The minimum absolute atomic E-state index is 0.184. The van der Waals surface area contributed by atoms with Crippen LogP contribution in [-0.2, 0) is 0 Å². The van der Waals surface area contributed by atoms with Gasteiger partial charge in [-0.1, -0.05) is 0 Å². The molecule has 4 nitrogen and oxygen atoms in total. The zero-order valence-electron chi connectivity index (χ0n) is 7.08. The van der Waals surface area contributed by atoms with Gasteiger partial charge in [-0.3, -0.25) is 0 Å². The van der Waals surface area contributed by atoms with Gasteiger partial charge in [0.05, 0.1) is 13.2 Å². The average Bonchev–Trinajstić information content (AvgIpc) is 1.99. The van der Waals surface area contributed by atoms with Crippen molar-refractivity contribution in [3.05, 3.63) is 0 Å². The molecule has 3 N–H and O–H groups in total. The first-order valence-electron chi connectivity index (χ1n) is 3.92. The lowest BCUT2D eigenvalue weighted by atomic mass is 10.5. The van der Waals surface area contributed by atoms with Gasteiger partial charge in [-0.25, -0.2) is 0 Å². The summed E-state index contributed by atoms with van der Waals surface area (Å²) in [6, 6.07) is 0. The predicted molar refractivity (Wildman–Crippen MR) is 44.5 cm³/mol. The quantitative estimate of drug-likeness (QED) is 0.398. The van der Waals surface area contributed by atoms with E-state index in [9.17, 15) is 0 Å². The van der Waals surface area contributed by atoms with E-state index in [2.05, 4.69) is 5.32 Å². The van der Waals surface area contributed by atoms with Crippen molar-refractivity contribution in [3.8, 4) is 0 Å². The molecule has 0 rings (SSSR count). The molecule has 4 heteroatoms. The molecular formula is C7H18N2O2. The molecule has 0 fully saturated rings. The summed E-state index contributed by atoms with van der Waals surface area (Å²) in [5.41, 5.74) is 0. The van der Waals surface area contributed by atoms with Crippen LogP contribution < -0.4 is 5.32 Å². The lowest BCUT2D eigenvalue weighted by molar-refractivity contribution is 0.219. The molecule has 0 aromatic rings. The van der Waals surface area contributed by atoms with E-state index in [0.717, 1.165) is 13.1 Å². The van der Waals surface area contributed by atoms with Gasteiger partial charge in [-0.2, -0.15) is 0 Å². The van der Waals surface area contributed by atoms with Gasteiger partial charge < -0.3 is 20.4 Å². The Kier molecular flexibility index (Phi) is 7.83. The summed E-state index contributed by atoms with van der Waals surface area (Å²) in [7, 11) is 1.96. The van der Waals surface area contributed by atoms with Gasteiger partial charge in [-0.15, -0.1) is 0 Å². The molecule has 0 aromatic heterocycles. The first-order valence-corrected chi connectivity index (χ1v) is 3.92. The molecule has 0 saturated carbocycles. The van der Waals surface area contributed by atoms with Crippen LogP contribution in [0.3, 0.4) is 0 Å². The summed E-state index contributed by atoms with van der Waals surface area (Å²) >= 11 is 0. The molecule has 0 heterocycles. The van der Waals surface area contributed by atoms with Crippen LogP contribution in [0.4, 0.5) is 0 Å². The predicted octanol–water partition coefficient (Wildman–Crippen LogP) is -1.51. The summed E-state index contributed by atoms with van der Waals surface area (Å²) in [5.74, 6) is 0. The Morgan fingerprint density at radius 3 is 2.36 bits per heavy atom. The summed E-state index contributed by atoms with van der Waals surface area (Å²) in [5, 5.41) is 20.0. The van der Waals surface area contributed by atoms with Crippen LogP contribution in [-0.4, -0.2) is 61.6 Å². The van der Waals surface area contributed by atoms with Crippen LogP contribution in [0.25, 0.3) is 0 Å². The third-order valence-electron chi connectivity index (χ3n) is 1.44. The van der Waals surface area contributed by atoms with Gasteiger partial charge >= 0.3 is 0 Å². The Morgan fingerprint density at radius 2 is 1.82 bits per heavy atom. The van der Waals surface area contributed by atoms with Crippen molar-refractivity contribution in [2.24, 2.45) is 0 Å². The fourth-order valence-corrected chi connectivity index (χ4v) is 0.756. The average molecular weight is 162 g/mol. The lowest BCUT2D eigenvalue weighted by Gasteiger charge is -2.14. The second kappa shape index (κ2) is 7.94. The summed E-state index contributed by atoms with van der Waals surface area (Å²) in [6.45, 7) is 3.51. The Hall–Kier alpha value is -0.160. The van der Waals surface area contributed by atoms with E-state index in [-0.39, 0.29) is 13.2 Å². The minimum Gasteiger partial charge on any atom is -0.395 e. The first kappa shape index (κ1) is 10.8. The number of hydrogen-bond acceptors (Lipinski definition) is 4. The second-order valence-corrected chi connectivity index (χ2v) is 2.50. The second-order valence-electron chi connectivity index (χ2n) is 2.50. The van der Waals surface area contributed by atoms with Gasteiger partial charge in [0.15, 0.2) is 0 Å². The molecule has 0 bridgehead atoms. The molecule has 11 heavy (non-hydrogen) atoms. The smallest absolute Gasteiger partial charge is 0.0558 e. The standard InChI is InChI=1S/C7H18N2O2/c1-9(5-7-11)4-2-8-3-6-10/h8,10-11H,2-7H2,1H3. The van der Waals surface area contributed by atoms with Gasteiger partial charge in [0.25, 0.3) is 0 Å². The van der Waals surface area contributed by atoms with E-state index in [1.807, 2.05) is 11.9 Å². The first-order chi connectivity index (χ1) is 5.31. The number of nitrogens with zero attached hydrogens (tertiary/aromatic N) is 1. The van der Waals surface area contributed by atoms with Crippen molar-refractivity contribution >= 4 is 0 Å². The van der Waals surface area contributed by atoms with E-state index in [0.29, 0.717) is 13.1 Å². The molecule has 0 amide bonds. The Bertz CT molecular complexity index is 80.8. The molecule has 68 valence electrons. The van der Waals surface area contributed by atoms with Crippen molar-refractivity contribution in [3.63, 3.8) is 0 Å². The van der Waals surface area contributed by atoms with Crippen molar-refractivity contribution in [2.75, 3.05) is 46.4 Å². The topological polar surface area (TPSA) is 55.7 Å². The van der Waals surface area contributed by atoms with Gasteiger partial charge in [0.2, 0.25) is 0 Å². The Morgan fingerprint density at radius 1 is 1.09 bits per heavy atom. The van der Waals surface area contributed by atoms with E-state index in [1.54, 1.807) is 0 Å². The van der Waals surface area contributed by atoms with Gasteiger partial charge in [0, 0.05) is 26.2 Å². The number of rotatable bonds is 7. The number of nitrogens with one attached hydrogen (secondary N) is 1. The minimum atomic E-state index is 0.184. The van der Waals surface area contributed by atoms with Crippen molar-refractivity contribution in [2.45, 2.75) is 0 Å². The molecule has 0 aliphatic carbocycles. The van der Waals surface area contributed by atoms with Crippen molar-refractivity contribution in [1.82, 2.24) is 10.2 Å². The maximum absolute atomic E-state index is 8.54. The summed E-state index contributed by atoms with van der Waals surface area (Å²) in [4.78, 5) is 2.03. The van der Waals surface area contributed by atoms with Crippen LogP contribution >= 0.6 is 0 Å². The molecule has 0 saturated heterocycles. The number of likely N-dealkylation sites (N-methyl/N-ethyl adjacent to an activating group) is 1. The lowest BCUT2D eigenvalue weighted by Crippen LogP contribution is -2.32. The van der Waals surface area contributed by atoms with Crippen molar-refractivity contribution in [1.29, 1.82) is 0 Å². The van der Waals surface area contributed by atoms with E-state index in [1.165, 1.54) is 0 Å². The SMILES string of the molecule is CN(CCO)CCNCCO. The zero-order chi connectivity index (χ0) is 8.53. The van der Waals surface area contributed by atoms with Crippen LogP contribution in [0.1, 0.15) is 0 Å². The van der Waals surface area contributed by atoms with Crippen LogP contribution in [0.2, 0.25) is 0 Å². The highest BCUT2D eigenvalue weighted by molar-refractivity contribution is 4.53. The number of aliphatic hydroxyl groups excluding tert-OH is 2. The molecule has 0 radical (unpaired) electrons. The largest absolute Gasteiger partial charge is 0.395 e. The maximum Gasteiger partial charge on any atom is 0.0558 e. The third-order valence-corrected chi connectivity index (χ3v) is 1.44. The third kappa shape index (κ3) is 7.74. The molecule has 0 unspecified atom stereocenters. The fourth-order valence-electron chi connectivity index (χ4n) is 0.756. The van der Waals surface area contributed by atoms with E-state index < -0.39 is 0 Å². The Balaban J connectivity index is 2.97. The normalized spacial score (nSPS) is 10.9. The van der Waals surface area contributed by atoms with Crippen LogP contribution in [0, 0.1) is 0 Å². The van der Waals surface area contributed by atoms with Gasteiger partial charge in [0.1, 0.15) is 0 Å². The maximum atomic E-state index is 8.54. The molecule has 0 aromatic carbocycles. The fraction of sp³-hybridized carbons (Fsp3) is 1.00. The summed E-state index contributed by atoms with van der Waals surface area (Å²) < 4.78 is 0. The van der Waals surface area contributed by atoms with E-state index in [4.69, 9.17) is 10.2 Å². The van der Waals surface area contributed by atoms with Crippen LogP contribution in [0.5, 0.6) is 0 Å². The Labute approximate surface area is 67.8 Å². The summed E-state index contributed by atoms with van der Waals surface area (Å²) in [6.07, 6.45) is 0. The molecule has 0 aliphatic heterocycles. The van der Waals surface area contributed by atoms with Crippen molar-refractivity contribution < 1.29 is 10.2 Å². The van der Waals surface area contributed by atoms with E-state index >= 15 is 0 Å². The highest BCUT2D eigenvalue weighted by atomic mass is 16.3. The van der Waals surface area contributed by atoms with Gasteiger partial charge in [-0.05, 0) is 7.05 Å². The highest BCUT2D eigenvalue weighted by Gasteiger charge is 1.94.